The lowest BCUT2D eigenvalue weighted by Crippen LogP contribution is -2.33. The van der Waals surface area contributed by atoms with Gasteiger partial charge >= 0.3 is 0 Å². The maximum atomic E-state index is 4.79. The number of nitrogens with zero attached hydrogens (tertiary/aromatic N) is 4. The number of piperidine rings is 1. The predicted octanol–water partition coefficient (Wildman–Crippen LogP) is 4.26. The fourth-order valence-electron chi connectivity index (χ4n) is 4.21. The molecule has 0 saturated carbocycles. The van der Waals surface area contributed by atoms with Gasteiger partial charge in [-0.25, -0.2) is 9.97 Å². The van der Waals surface area contributed by atoms with Gasteiger partial charge in [0.2, 0.25) is 5.95 Å². The molecular weight excluding hydrogens is 346 g/mol. The number of anilines is 1. The van der Waals surface area contributed by atoms with Crippen molar-refractivity contribution >= 4 is 22.4 Å². The quantitative estimate of drug-likeness (QED) is 0.738. The van der Waals surface area contributed by atoms with Gasteiger partial charge in [-0.15, -0.1) is 0 Å². The van der Waals surface area contributed by atoms with Gasteiger partial charge in [0.25, 0.3) is 0 Å². The zero-order valence-electron chi connectivity index (χ0n) is 16.2. The van der Waals surface area contributed by atoms with E-state index in [1.807, 2.05) is 18.5 Å². The third-order valence-corrected chi connectivity index (χ3v) is 5.96. The molecule has 3 heterocycles. The Labute approximate surface area is 168 Å². The van der Waals surface area contributed by atoms with Crippen molar-refractivity contribution in [1.29, 1.82) is 0 Å². The summed E-state index contributed by atoms with van der Waals surface area (Å²) in [7, 11) is 2.20. The molecule has 1 aliphatic heterocycles. The van der Waals surface area contributed by atoms with Gasteiger partial charge in [-0.2, -0.15) is 0 Å². The van der Waals surface area contributed by atoms with Gasteiger partial charge in [0.1, 0.15) is 0 Å². The number of likely N-dealkylation sites (tertiary alicyclic amines) is 1. The standard InChI is InChI=1S/C23H25N5.2H2/c1-28-11-8-16(9-12-28)14-25-23-26-15-20-19(5-7-22(20)27-23)17-4-6-21-18(13-17)3-2-10-24-21;;/h2-6,10,13,15-16H,7-9,11-12,14H2,1H3,(H,25,26,27);2*1H. The Morgan fingerprint density at radius 3 is 2.96 bits per heavy atom. The molecule has 0 unspecified atom stereocenters. The van der Waals surface area contributed by atoms with Gasteiger partial charge in [0, 0.05) is 39.2 Å². The number of benzene rings is 1. The number of rotatable bonds is 4. The largest absolute Gasteiger partial charge is 0.354 e. The van der Waals surface area contributed by atoms with Gasteiger partial charge in [-0.1, -0.05) is 18.2 Å². The molecule has 5 nitrogen and oxygen atoms in total. The minimum atomic E-state index is 0. The van der Waals surface area contributed by atoms with Crippen molar-refractivity contribution in [3.63, 3.8) is 0 Å². The number of pyridine rings is 1. The van der Waals surface area contributed by atoms with E-state index in [2.05, 4.69) is 57.6 Å². The first-order valence-electron chi connectivity index (χ1n) is 10.1. The molecule has 5 heteroatoms. The lowest BCUT2D eigenvalue weighted by molar-refractivity contribution is 0.226. The van der Waals surface area contributed by atoms with Crippen molar-refractivity contribution < 1.29 is 2.85 Å². The molecule has 0 atom stereocenters. The summed E-state index contributed by atoms with van der Waals surface area (Å²) in [5.74, 6) is 1.47. The molecule has 0 radical (unpaired) electrons. The minimum Gasteiger partial charge on any atom is -0.354 e. The predicted molar refractivity (Wildman–Crippen MR) is 117 cm³/mol. The Balaban J connectivity index is 0.00000128. The van der Waals surface area contributed by atoms with E-state index in [4.69, 9.17) is 4.98 Å². The molecule has 0 bridgehead atoms. The zero-order valence-corrected chi connectivity index (χ0v) is 16.2. The van der Waals surface area contributed by atoms with Crippen LogP contribution in [-0.2, 0) is 6.42 Å². The van der Waals surface area contributed by atoms with E-state index in [-0.39, 0.29) is 2.85 Å². The Morgan fingerprint density at radius 1 is 1.18 bits per heavy atom. The molecule has 2 aliphatic rings. The number of hydrogen-bond acceptors (Lipinski definition) is 5. The molecule has 1 aromatic carbocycles. The van der Waals surface area contributed by atoms with Crippen LogP contribution in [0.3, 0.4) is 0 Å². The number of hydrogen-bond donors (Lipinski definition) is 1. The maximum Gasteiger partial charge on any atom is 0.222 e. The van der Waals surface area contributed by atoms with E-state index in [9.17, 15) is 0 Å². The van der Waals surface area contributed by atoms with Crippen LogP contribution in [0.15, 0.2) is 48.8 Å². The van der Waals surface area contributed by atoms with Crippen LogP contribution in [-0.4, -0.2) is 46.5 Å². The highest BCUT2D eigenvalue weighted by Gasteiger charge is 2.20. The summed E-state index contributed by atoms with van der Waals surface area (Å²) in [5.41, 5.74) is 5.71. The zero-order chi connectivity index (χ0) is 18.9. The third kappa shape index (κ3) is 3.38. The summed E-state index contributed by atoms with van der Waals surface area (Å²) in [6, 6.07) is 10.5. The van der Waals surface area contributed by atoms with Crippen molar-refractivity contribution in [3.8, 4) is 0 Å². The average Bonchev–Trinajstić information content (AvgIpc) is 3.16. The van der Waals surface area contributed by atoms with E-state index in [0.29, 0.717) is 5.92 Å². The fourth-order valence-corrected chi connectivity index (χ4v) is 4.21. The molecule has 0 amide bonds. The summed E-state index contributed by atoms with van der Waals surface area (Å²) in [4.78, 5) is 16.2. The third-order valence-electron chi connectivity index (χ3n) is 5.96. The summed E-state index contributed by atoms with van der Waals surface area (Å²) < 4.78 is 0. The van der Waals surface area contributed by atoms with Crippen LogP contribution < -0.4 is 5.32 Å². The van der Waals surface area contributed by atoms with Crippen LogP contribution in [0.25, 0.3) is 16.5 Å². The van der Waals surface area contributed by atoms with Crippen molar-refractivity contribution in [3.05, 3.63) is 65.6 Å². The number of aromatic nitrogens is 3. The molecule has 146 valence electrons. The van der Waals surface area contributed by atoms with Gasteiger partial charge in [-0.05, 0) is 68.2 Å². The first kappa shape index (κ1) is 17.3. The molecular formula is C23H29N5. The van der Waals surface area contributed by atoms with Gasteiger partial charge in [0.05, 0.1) is 11.2 Å². The second kappa shape index (κ2) is 7.32. The molecule has 3 aromatic rings. The Bertz CT molecular complexity index is 1040. The summed E-state index contributed by atoms with van der Waals surface area (Å²) in [6.07, 6.45) is 9.43. The number of nitrogens with one attached hydrogen (secondary N) is 1. The van der Waals surface area contributed by atoms with E-state index in [1.165, 1.54) is 37.1 Å². The summed E-state index contributed by atoms with van der Waals surface area (Å²) in [5, 5.41) is 4.62. The second-order valence-electron chi connectivity index (χ2n) is 7.91. The molecule has 2 aromatic heterocycles. The second-order valence-corrected chi connectivity index (χ2v) is 7.91. The van der Waals surface area contributed by atoms with Gasteiger partial charge in [-0.3, -0.25) is 4.98 Å². The molecule has 0 spiro atoms. The van der Waals surface area contributed by atoms with Crippen molar-refractivity contribution in [2.45, 2.75) is 19.3 Å². The van der Waals surface area contributed by atoms with Crippen LogP contribution in [0, 0.1) is 5.92 Å². The fraction of sp³-hybridized carbons (Fsp3) is 0.348. The molecule has 5 rings (SSSR count). The van der Waals surface area contributed by atoms with Gasteiger partial charge < -0.3 is 10.2 Å². The van der Waals surface area contributed by atoms with Gasteiger partial charge in [0.15, 0.2) is 0 Å². The van der Waals surface area contributed by atoms with E-state index < -0.39 is 0 Å². The summed E-state index contributed by atoms with van der Waals surface area (Å²) in [6.45, 7) is 3.34. The number of allylic oxidation sites excluding steroid dienone is 1. The van der Waals surface area contributed by atoms with E-state index in [1.54, 1.807) is 0 Å². The van der Waals surface area contributed by atoms with Crippen LogP contribution in [0.5, 0.6) is 0 Å². The Hall–Kier alpha value is -2.79. The first-order chi connectivity index (χ1) is 13.8. The van der Waals surface area contributed by atoms with Crippen molar-refractivity contribution in [2.24, 2.45) is 5.92 Å². The van der Waals surface area contributed by atoms with Crippen LogP contribution in [0.2, 0.25) is 0 Å². The van der Waals surface area contributed by atoms with Crippen LogP contribution in [0.1, 0.15) is 32.5 Å². The topological polar surface area (TPSA) is 53.9 Å². The van der Waals surface area contributed by atoms with Crippen molar-refractivity contribution in [2.75, 3.05) is 32.0 Å². The molecule has 1 aliphatic carbocycles. The monoisotopic (exact) mass is 375 g/mol. The average molecular weight is 376 g/mol. The molecule has 28 heavy (non-hydrogen) atoms. The first-order valence-corrected chi connectivity index (χ1v) is 10.1. The highest BCUT2D eigenvalue weighted by Crippen LogP contribution is 2.33. The highest BCUT2D eigenvalue weighted by atomic mass is 15.1. The maximum absolute atomic E-state index is 4.79. The molecule has 1 N–H and O–H groups in total. The lowest BCUT2D eigenvalue weighted by Gasteiger charge is -2.28. The van der Waals surface area contributed by atoms with E-state index in [0.717, 1.165) is 41.1 Å². The van der Waals surface area contributed by atoms with Crippen LogP contribution >= 0.6 is 0 Å². The molecule has 1 saturated heterocycles. The Morgan fingerprint density at radius 2 is 2.07 bits per heavy atom. The van der Waals surface area contributed by atoms with Crippen molar-refractivity contribution in [1.82, 2.24) is 19.9 Å². The SMILES string of the molecule is CN1CCC(CNc2ncc3c(n2)CC=C3c2ccc3ncccc3c2)CC1.[HH].[HH]. The van der Waals surface area contributed by atoms with Crippen LogP contribution in [0.4, 0.5) is 5.95 Å². The number of fused-ring (bicyclic) bond motifs is 2. The molecule has 1 fully saturated rings. The Kier molecular flexibility index (Phi) is 4.53. The highest BCUT2D eigenvalue weighted by molar-refractivity contribution is 5.89. The smallest absolute Gasteiger partial charge is 0.222 e. The summed E-state index contributed by atoms with van der Waals surface area (Å²) >= 11 is 0. The lowest BCUT2D eigenvalue weighted by atomic mass is 9.97. The van der Waals surface area contributed by atoms with E-state index >= 15 is 0 Å². The normalized spacial score (nSPS) is 17.5. The minimum absolute atomic E-state index is 0.